The third-order valence-electron chi connectivity index (χ3n) is 3.37. The lowest BCUT2D eigenvalue weighted by Crippen LogP contribution is -2.29. The number of aromatic nitrogens is 1. The Balaban J connectivity index is 2.03. The van der Waals surface area contributed by atoms with Crippen molar-refractivity contribution in [2.75, 3.05) is 17.2 Å². The Kier molecular flexibility index (Phi) is 6.81. The molecule has 2 amide bonds. The molecule has 1 heterocycles. The maximum absolute atomic E-state index is 12.2. The summed E-state index contributed by atoms with van der Waals surface area (Å²) in [6, 6.07) is 8.79. The number of amides is 2. The molecule has 1 aromatic heterocycles. The standard InChI is InChI=1S/C17H20N4O4S/c1-2-3-9-19-26(24,25)15-6-4-5-14(12-15)21-17(23)16(22)20-13-7-10-18-11-8-13/h4-8,10-12,19H,2-3,9H2,1H3,(H,21,23)(H,18,20,22). The lowest BCUT2D eigenvalue weighted by atomic mass is 10.3. The van der Waals surface area contributed by atoms with Crippen LogP contribution in [0.2, 0.25) is 0 Å². The van der Waals surface area contributed by atoms with Crippen molar-refractivity contribution in [3.8, 4) is 0 Å². The minimum absolute atomic E-state index is 0.0148. The highest BCUT2D eigenvalue weighted by atomic mass is 32.2. The number of rotatable bonds is 7. The summed E-state index contributed by atoms with van der Waals surface area (Å²) in [5.74, 6) is -1.78. The Morgan fingerprint density at radius 3 is 2.31 bits per heavy atom. The number of carbonyl (C=O) groups is 2. The molecular weight excluding hydrogens is 356 g/mol. The largest absolute Gasteiger partial charge is 0.318 e. The molecule has 3 N–H and O–H groups in total. The van der Waals surface area contributed by atoms with E-state index in [0.29, 0.717) is 12.2 Å². The Bertz CT molecular complexity index is 869. The number of hydrogen-bond acceptors (Lipinski definition) is 5. The third-order valence-corrected chi connectivity index (χ3v) is 4.83. The van der Waals surface area contributed by atoms with E-state index >= 15 is 0 Å². The van der Waals surface area contributed by atoms with E-state index in [0.717, 1.165) is 12.8 Å². The Labute approximate surface area is 152 Å². The summed E-state index contributed by atoms with van der Waals surface area (Å²) in [4.78, 5) is 27.7. The molecule has 0 aliphatic heterocycles. The molecule has 0 bridgehead atoms. The molecule has 0 unspecified atom stereocenters. The van der Waals surface area contributed by atoms with Gasteiger partial charge in [-0.3, -0.25) is 14.6 Å². The molecule has 0 atom stereocenters. The Morgan fingerprint density at radius 2 is 1.65 bits per heavy atom. The highest BCUT2D eigenvalue weighted by molar-refractivity contribution is 7.89. The van der Waals surface area contributed by atoms with Crippen molar-refractivity contribution in [1.29, 1.82) is 0 Å². The van der Waals surface area contributed by atoms with E-state index in [4.69, 9.17) is 0 Å². The SMILES string of the molecule is CCCCNS(=O)(=O)c1cccc(NC(=O)C(=O)Nc2ccncc2)c1. The number of hydrogen-bond donors (Lipinski definition) is 3. The summed E-state index contributed by atoms with van der Waals surface area (Å²) >= 11 is 0. The van der Waals surface area contributed by atoms with Crippen LogP contribution in [0.1, 0.15) is 19.8 Å². The molecule has 8 nitrogen and oxygen atoms in total. The van der Waals surface area contributed by atoms with Crippen LogP contribution < -0.4 is 15.4 Å². The maximum Gasteiger partial charge on any atom is 0.314 e. The Morgan fingerprint density at radius 1 is 1.00 bits per heavy atom. The number of pyridine rings is 1. The van der Waals surface area contributed by atoms with Gasteiger partial charge in [0.25, 0.3) is 0 Å². The summed E-state index contributed by atoms with van der Waals surface area (Å²) in [5, 5.41) is 4.80. The minimum Gasteiger partial charge on any atom is -0.318 e. The van der Waals surface area contributed by atoms with Crippen LogP contribution in [0.3, 0.4) is 0 Å². The van der Waals surface area contributed by atoms with Crippen molar-refractivity contribution >= 4 is 33.2 Å². The van der Waals surface area contributed by atoms with Crippen molar-refractivity contribution in [2.24, 2.45) is 0 Å². The van der Waals surface area contributed by atoms with Crippen LogP contribution in [0.25, 0.3) is 0 Å². The van der Waals surface area contributed by atoms with Crippen LogP contribution in [0.5, 0.6) is 0 Å². The molecule has 0 radical (unpaired) electrons. The van der Waals surface area contributed by atoms with Crippen molar-refractivity contribution in [1.82, 2.24) is 9.71 Å². The first-order chi connectivity index (χ1) is 12.4. The van der Waals surface area contributed by atoms with Crippen LogP contribution in [-0.2, 0) is 19.6 Å². The molecule has 0 fully saturated rings. The van der Waals surface area contributed by atoms with Gasteiger partial charge in [0.1, 0.15) is 0 Å². The van der Waals surface area contributed by atoms with Gasteiger partial charge in [-0.05, 0) is 36.8 Å². The van der Waals surface area contributed by atoms with Gasteiger partial charge in [-0.25, -0.2) is 13.1 Å². The van der Waals surface area contributed by atoms with Gasteiger partial charge in [0, 0.05) is 30.3 Å². The molecule has 0 aliphatic rings. The lowest BCUT2D eigenvalue weighted by Gasteiger charge is -2.09. The number of sulfonamides is 1. The molecule has 9 heteroatoms. The molecule has 0 saturated heterocycles. The fraction of sp³-hybridized carbons (Fsp3) is 0.235. The number of carbonyl (C=O) groups excluding carboxylic acids is 2. The molecule has 0 spiro atoms. The van der Waals surface area contributed by atoms with E-state index in [2.05, 4.69) is 20.3 Å². The smallest absolute Gasteiger partial charge is 0.314 e. The normalized spacial score (nSPS) is 11.0. The second kappa shape index (κ2) is 9.07. The zero-order valence-corrected chi connectivity index (χ0v) is 15.0. The summed E-state index contributed by atoms with van der Waals surface area (Å²) < 4.78 is 26.9. The van der Waals surface area contributed by atoms with Gasteiger partial charge in [0.2, 0.25) is 10.0 Å². The molecule has 2 rings (SSSR count). The molecule has 26 heavy (non-hydrogen) atoms. The monoisotopic (exact) mass is 376 g/mol. The number of benzene rings is 1. The molecule has 2 aromatic rings. The van der Waals surface area contributed by atoms with E-state index in [1.807, 2.05) is 6.92 Å². The van der Waals surface area contributed by atoms with Crippen molar-refractivity contribution in [3.05, 3.63) is 48.8 Å². The molecule has 0 aliphatic carbocycles. The molecule has 0 saturated carbocycles. The number of nitrogens with one attached hydrogen (secondary N) is 3. The second-order valence-electron chi connectivity index (χ2n) is 5.42. The molecular formula is C17H20N4O4S. The Hall–Kier alpha value is -2.78. The molecule has 138 valence electrons. The molecule has 1 aromatic carbocycles. The van der Waals surface area contributed by atoms with E-state index in [9.17, 15) is 18.0 Å². The van der Waals surface area contributed by atoms with Gasteiger partial charge >= 0.3 is 11.8 Å². The minimum atomic E-state index is -3.67. The summed E-state index contributed by atoms with van der Waals surface area (Å²) in [5.41, 5.74) is 0.634. The van der Waals surface area contributed by atoms with Gasteiger partial charge in [0.05, 0.1) is 4.90 Å². The van der Waals surface area contributed by atoms with Crippen LogP contribution in [0, 0.1) is 0 Å². The van der Waals surface area contributed by atoms with E-state index in [1.165, 1.54) is 36.7 Å². The second-order valence-corrected chi connectivity index (χ2v) is 7.19. The number of anilines is 2. The fourth-order valence-corrected chi connectivity index (χ4v) is 3.14. The lowest BCUT2D eigenvalue weighted by molar-refractivity contribution is -0.133. The zero-order valence-electron chi connectivity index (χ0n) is 14.2. The van der Waals surface area contributed by atoms with Gasteiger partial charge in [-0.15, -0.1) is 0 Å². The fourth-order valence-electron chi connectivity index (χ4n) is 2.02. The van der Waals surface area contributed by atoms with E-state index in [1.54, 1.807) is 12.1 Å². The quantitative estimate of drug-likeness (QED) is 0.503. The van der Waals surface area contributed by atoms with Gasteiger partial charge in [-0.2, -0.15) is 0 Å². The average Bonchev–Trinajstić information content (AvgIpc) is 2.63. The topological polar surface area (TPSA) is 117 Å². The highest BCUT2D eigenvalue weighted by Gasteiger charge is 2.17. The summed E-state index contributed by atoms with van der Waals surface area (Å²) in [6.07, 6.45) is 4.55. The van der Waals surface area contributed by atoms with Gasteiger partial charge in [0.15, 0.2) is 0 Å². The number of nitrogens with zero attached hydrogens (tertiary/aromatic N) is 1. The maximum atomic E-state index is 12.2. The highest BCUT2D eigenvalue weighted by Crippen LogP contribution is 2.15. The van der Waals surface area contributed by atoms with E-state index in [-0.39, 0.29) is 10.6 Å². The first kappa shape index (κ1) is 19.5. The zero-order chi connectivity index (χ0) is 19.0. The van der Waals surface area contributed by atoms with Crippen LogP contribution in [0.15, 0.2) is 53.7 Å². The summed E-state index contributed by atoms with van der Waals surface area (Å²) in [7, 11) is -3.67. The van der Waals surface area contributed by atoms with E-state index < -0.39 is 21.8 Å². The first-order valence-electron chi connectivity index (χ1n) is 8.04. The van der Waals surface area contributed by atoms with Crippen LogP contribution >= 0.6 is 0 Å². The van der Waals surface area contributed by atoms with Gasteiger partial charge < -0.3 is 10.6 Å². The predicted octanol–water partition coefficient (Wildman–Crippen LogP) is 1.74. The van der Waals surface area contributed by atoms with Crippen molar-refractivity contribution in [2.45, 2.75) is 24.7 Å². The van der Waals surface area contributed by atoms with Gasteiger partial charge in [-0.1, -0.05) is 19.4 Å². The third kappa shape index (κ3) is 5.64. The summed E-state index contributed by atoms with van der Waals surface area (Å²) in [6.45, 7) is 2.30. The average molecular weight is 376 g/mol. The predicted molar refractivity (Wildman–Crippen MR) is 98.0 cm³/mol. The van der Waals surface area contributed by atoms with Crippen LogP contribution in [0.4, 0.5) is 11.4 Å². The van der Waals surface area contributed by atoms with Crippen molar-refractivity contribution < 1.29 is 18.0 Å². The van der Waals surface area contributed by atoms with Crippen LogP contribution in [-0.4, -0.2) is 31.8 Å². The van der Waals surface area contributed by atoms with Crippen molar-refractivity contribution in [3.63, 3.8) is 0 Å². The number of unbranched alkanes of at least 4 members (excludes halogenated alkanes) is 1. The first-order valence-corrected chi connectivity index (χ1v) is 9.53.